The van der Waals surface area contributed by atoms with Gasteiger partial charge in [-0.3, -0.25) is 4.79 Å². The van der Waals surface area contributed by atoms with Gasteiger partial charge in [0.15, 0.2) is 0 Å². The third-order valence-corrected chi connectivity index (χ3v) is 5.02. The number of carboxylic acid groups (broad SMARTS) is 1. The summed E-state index contributed by atoms with van der Waals surface area (Å²) in [5.41, 5.74) is 0.0905. The second-order valence-corrected chi connectivity index (χ2v) is 6.46. The van der Waals surface area contributed by atoms with Crippen molar-refractivity contribution < 1.29 is 14.7 Å². The number of rotatable bonds is 4. The SMILES string of the molecule is C[C@@H]1CN(C(=O)NCC2(N(C)C)CCC2)C[C@H]1C(=O)O. The molecule has 0 aromatic carbocycles. The largest absolute Gasteiger partial charge is 0.481 e. The maximum atomic E-state index is 12.2. The maximum Gasteiger partial charge on any atom is 0.317 e. The van der Waals surface area contributed by atoms with E-state index in [1.165, 1.54) is 6.42 Å². The summed E-state index contributed by atoms with van der Waals surface area (Å²) < 4.78 is 0. The van der Waals surface area contributed by atoms with Crippen molar-refractivity contribution in [2.75, 3.05) is 33.7 Å². The molecule has 1 saturated heterocycles. The molecule has 0 bridgehead atoms. The Labute approximate surface area is 120 Å². The first-order valence-electron chi connectivity index (χ1n) is 7.29. The fourth-order valence-electron chi connectivity index (χ4n) is 3.17. The highest BCUT2D eigenvalue weighted by molar-refractivity contribution is 5.77. The number of hydrogen-bond acceptors (Lipinski definition) is 3. The van der Waals surface area contributed by atoms with E-state index in [4.69, 9.17) is 5.11 Å². The van der Waals surface area contributed by atoms with Gasteiger partial charge in [0.05, 0.1) is 5.92 Å². The number of nitrogens with one attached hydrogen (secondary N) is 1. The van der Waals surface area contributed by atoms with Crippen molar-refractivity contribution in [3.63, 3.8) is 0 Å². The van der Waals surface area contributed by atoms with Crippen LogP contribution in [-0.4, -0.2) is 66.2 Å². The van der Waals surface area contributed by atoms with Crippen LogP contribution in [0.15, 0.2) is 0 Å². The second-order valence-electron chi connectivity index (χ2n) is 6.46. The molecule has 2 amide bonds. The molecule has 2 atom stereocenters. The Morgan fingerprint density at radius 3 is 2.40 bits per heavy atom. The fourth-order valence-corrected chi connectivity index (χ4v) is 3.17. The summed E-state index contributed by atoms with van der Waals surface area (Å²) in [5.74, 6) is -1.23. The predicted molar refractivity (Wildman–Crippen MR) is 75.5 cm³/mol. The zero-order valence-corrected chi connectivity index (χ0v) is 12.6. The quantitative estimate of drug-likeness (QED) is 0.801. The second kappa shape index (κ2) is 5.60. The molecule has 6 nitrogen and oxygen atoms in total. The molecule has 2 N–H and O–H groups in total. The number of aliphatic carboxylic acids is 1. The van der Waals surface area contributed by atoms with Crippen molar-refractivity contribution in [1.29, 1.82) is 0 Å². The van der Waals surface area contributed by atoms with E-state index in [-0.39, 0.29) is 17.5 Å². The van der Waals surface area contributed by atoms with Crippen LogP contribution >= 0.6 is 0 Å². The van der Waals surface area contributed by atoms with Gasteiger partial charge in [0.25, 0.3) is 0 Å². The summed E-state index contributed by atoms with van der Waals surface area (Å²) in [7, 11) is 4.09. The molecule has 0 radical (unpaired) electrons. The van der Waals surface area contributed by atoms with Crippen molar-refractivity contribution >= 4 is 12.0 Å². The van der Waals surface area contributed by atoms with Gasteiger partial charge in [0, 0.05) is 25.2 Å². The Morgan fingerprint density at radius 1 is 1.35 bits per heavy atom. The van der Waals surface area contributed by atoms with E-state index in [1.54, 1.807) is 4.90 Å². The van der Waals surface area contributed by atoms with Gasteiger partial charge in [-0.15, -0.1) is 0 Å². The lowest BCUT2D eigenvalue weighted by Crippen LogP contribution is -2.58. The molecule has 2 rings (SSSR count). The molecule has 2 fully saturated rings. The molecular weight excluding hydrogens is 258 g/mol. The van der Waals surface area contributed by atoms with E-state index in [0.29, 0.717) is 19.6 Å². The van der Waals surface area contributed by atoms with Crippen LogP contribution < -0.4 is 5.32 Å². The van der Waals surface area contributed by atoms with Gasteiger partial charge >= 0.3 is 12.0 Å². The topological polar surface area (TPSA) is 72.9 Å². The summed E-state index contributed by atoms with van der Waals surface area (Å²) in [4.78, 5) is 27.1. The van der Waals surface area contributed by atoms with Crippen LogP contribution in [0.4, 0.5) is 4.79 Å². The minimum Gasteiger partial charge on any atom is -0.481 e. The highest BCUT2D eigenvalue weighted by Gasteiger charge is 2.41. The molecular formula is C14H25N3O3. The lowest BCUT2D eigenvalue weighted by Gasteiger charge is -2.47. The van der Waals surface area contributed by atoms with Crippen molar-refractivity contribution in [3.05, 3.63) is 0 Å². The number of carbonyl (C=O) groups excluding carboxylic acids is 1. The molecule has 2 aliphatic rings. The van der Waals surface area contributed by atoms with E-state index >= 15 is 0 Å². The molecule has 114 valence electrons. The van der Waals surface area contributed by atoms with Crippen LogP contribution in [0.25, 0.3) is 0 Å². The van der Waals surface area contributed by atoms with Crippen molar-refractivity contribution in [3.8, 4) is 0 Å². The first-order valence-corrected chi connectivity index (χ1v) is 7.29. The van der Waals surface area contributed by atoms with Crippen molar-refractivity contribution in [2.24, 2.45) is 11.8 Å². The zero-order chi connectivity index (χ0) is 14.9. The molecule has 1 saturated carbocycles. The molecule has 0 spiro atoms. The van der Waals surface area contributed by atoms with Crippen LogP contribution in [0.5, 0.6) is 0 Å². The molecule has 1 aliphatic heterocycles. The van der Waals surface area contributed by atoms with Gasteiger partial charge in [-0.05, 0) is 39.3 Å². The number of carboxylic acids is 1. The number of nitrogens with zero attached hydrogens (tertiary/aromatic N) is 2. The molecule has 20 heavy (non-hydrogen) atoms. The summed E-state index contributed by atoms with van der Waals surface area (Å²) in [5, 5.41) is 12.1. The van der Waals surface area contributed by atoms with E-state index in [1.807, 2.05) is 21.0 Å². The highest BCUT2D eigenvalue weighted by Crippen LogP contribution is 2.35. The molecule has 6 heteroatoms. The zero-order valence-electron chi connectivity index (χ0n) is 12.6. The Bertz CT molecular complexity index is 393. The van der Waals surface area contributed by atoms with Crippen LogP contribution in [0.2, 0.25) is 0 Å². The van der Waals surface area contributed by atoms with Gasteiger partial charge < -0.3 is 20.2 Å². The van der Waals surface area contributed by atoms with E-state index in [0.717, 1.165) is 12.8 Å². The first kappa shape index (κ1) is 15.1. The summed E-state index contributed by atoms with van der Waals surface area (Å²) in [6, 6.07) is -0.131. The highest BCUT2D eigenvalue weighted by atomic mass is 16.4. The molecule has 1 heterocycles. The predicted octanol–water partition coefficient (Wildman–Crippen LogP) is 0.833. The molecule has 0 aromatic rings. The van der Waals surface area contributed by atoms with Crippen molar-refractivity contribution in [2.45, 2.75) is 31.7 Å². The Balaban J connectivity index is 1.86. The van der Waals surface area contributed by atoms with E-state index in [2.05, 4.69) is 10.2 Å². The Kier molecular flexibility index (Phi) is 4.22. The summed E-state index contributed by atoms with van der Waals surface area (Å²) >= 11 is 0. The minimum absolute atomic E-state index is 0.0183. The summed E-state index contributed by atoms with van der Waals surface area (Å²) in [6.45, 7) is 3.37. The smallest absolute Gasteiger partial charge is 0.317 e. The monoisotopic (exact) mass is 283 g/mol. The average Bonchev–Trinajstić information content (AvgIpc) is 2.69. The van der Waals surface area contributed by atoms with Gasteiger partial charge in [-0.1, -0.05) is 6.92 Å². The average molecular weight is 283 g/mol. The van der Waals surface area contributed by atoms with Gasteiger partial charge in [-0.2, -0.15) is 0 Å². The number of likely N-dealkylation sites (N-methyl/N-ethyl adjacent to an activating group) is 1. The number of carbonyl (C=O) groups is 2. The summed E-state index contributed by atoms with van der Waals surface area (Å²) in [6.07, 6.45) is 3.42. The molecule has 0 aromatic heterocycles. The lowest BCUT2D eigenvalue weighted by molar-refractivity contribution is -0.142. The van der Waals surface area contributed by atoms with Crippen LogP contribution in [-0.2, 0) is 4.79 Å². The van der Waals surface area contributed by atoms with Crippen LogP contribution in [0, 0.1) is 11.8 Å². The standard InChI is InChI=1S/C14H25N3O3/c1-10-7-17(8-11(10)12(18)19)13(20)15-9-14(16(2)3)5-4-6-14/h10-11H,4-9H2,1-3H3,(H,15,20)(H,18,19)/t10-,11-/m1/s1. The normalized spacial score (nSPS) is 28.3. The van der Waals surface area contributed by atoms with Gasteiger partial charge in [0.2, 0.25) is 0 Å². The first-order chi connectivity index (χ1) is 9.35. The number of likely N-dealkylation sites (tertiary alicyclic amines) is 1. The Hall–Kier alpha value is -1.30. The number of amides is 2. The third-order valence-electron chi connectivity index (χ3n) is 5.02. The van der Waals surface area contributed by atoms with E-state index in [9.17, 15) is 9.59 Å². The van der Waals surface area contributed by atoms with Gasteiger partial charge in [-0.25, -0.2) is 4.79 Å². The van der Waals surface area contributed by atoms with Gasteiger partial charge in [0.1, 0.15) is 0 Å². The molecule has 1 aliphatic carbocycles. The fraction of sp³-hybridized carbons (Fsp3) is 0.857. The number of hydrogen-bond donors (Lipinski definition) is 2. The van der Waals surface area contributed by atoms with Crippen molar-refractivity contribution in [1.82, 2.24) is 15.1 Å². The third kappa shape index (κ3) is 2.75. The molecule has 0 unspecified atom stereocenters. The van der Waals surface area contributed by atoms with Crippen LogP contribution in [0.3, 0.4) is 0 Å². The van der Waals surface area contributed by atoms with E-state index < -0.39 is 11.9 Å². The lowest BCUT2D eigenvalue weighted by atomic mass is 9.75. The maximum absolute atomic E-state index is 12.2. The number of urea groups is 1. The van der Waals surface area contributed by atoms with Crippen LogP contribution in [0.1, 0.15) is 26.2 Å². The minimum atomic E-state index is -0.809. The Morgan fingerprint density at radius 2 is 2.00 bits per heavy atom.